The Bertz CT molecular complexity index is 569. The molecule has 28 heavy (non-hydrogen) atoms. The van der Waals surface area contributed by atoms with Crippen LogP contribution in [0.3, 0.4) is 0 Å². The summed E-state index contributed by atoms with van der Waals surface area (Å²) >= 11 is 0. The summed E-state index contributed by atoms with van der Waals surface area (Å²) in [6.45, 7) is 14.1. The highest BCUT2D eigenvalue weighted by Gasteiger charge is 2.46. The fourth-order valence-electron chi connectivity index (χ4n) is 3.07. The normalized spacial score (nSPS) is 15.9. The predicted molar refractivity (Wildman–Crippen MR) is 121 cm³/mol. The molecule has 0 aliphatic rings. The van der Waals surface area contributed by atoms with E-state index in [0.717, 1.165) is 32.1 Å². The van der Waals surface area contributed by atoms with Crippen LogP contribution in [0.15, 0.2) is 23.3 Å². The molecular weight excluding hydrogens is 394 g/mol. The summed E-state index contributed by atoms with van der Waals surface area (Å²) in [5, 5.41) is -0.706. The lowest BCUT2D eigenvalue weighted by Crippen LogP contribution is -2.15. The van der Waals surface area contributed by atoms with Crippen LogP contribution in [0.1, 0.15) is 80.1 Å². The van der Waals surface area contributed by atoms with Gasteiger partial charge >= 0.3 is 7.60 Å². The second kappa shape index (κ2) is 14.7. The number of rotatable bonds is 16. The lowest BCUT2D eigenvalue weighted by atomic mass is 10.1. The zero-order valence-electron chi connectivity index (χ0n) is 19.0. The van der Waals surface area contributed by atoms with Crippen LogP contribution in [-0.2, 0) is 22.7 Å². The molecule has 0 saturated carbocycles. The first-order valence-corrected chi connectivity index (χ1v) is 14.3. The molecule has 5 nitrogen and oxygen atoms in total. The van der Waals surface area contributed by atoms with Gasteiger partial charge in [0.15, 0.2) is 0 Å². The van der Waals surface area contributed by atoms with Crippen molar-refractivity contribution in [3.63, 3.8) is 0 Å². The van der Waals surface area contributed by atoms with E-state index in [4.69, 9.17) is 13.6 Å². The standard InChI is InChI=1S/C21H42O5P2/c1-8-24-27(7,22)21(28(23,25-9-2)26-10-3)18-13-11-12-16-20(6)17-14-15-19(4)5/h15-16,21H,8-14,17-18H2,1-7H3/b20-16+. The summed E-state index contributed by atoms with van der Waals surface area (Å²) in [4.78, 5) is 0. The molecule has 0 N–H and O–H groups in total. The van der Waals surface area contributed by atoms with Gasteiger partial charge < -0.3 is 13.6 Å². The van der Waals surface area contributed by atoms with Crippen LogP contribution in [-0.4, -0.2) is 31.9 Å². The van der Waals surface area contributed by atoms with E-state index in [1.807, 2.05) is 0 Å². The van der Waals surface area contributed by atoms with Gasteiger partial charge in [-0.15, -0.1) is 0 Å². The second-order valence-corrected chi connectivity index (χ2v) is 12.7. The zero-order chi connectivity index (χ0) is 21.6. The largest absolute Gasteiger partial charge is 0.343 e. The number of allylic oxidation sites excluding steroid dienone is 4. The molecule has 0 saturated heterocycles. The van der Waals surface area contributed by atoms with Gasteiger partial charge in [0, 0.05) is 6.66 Å². The summed E-state index contributed by atoms with van der Waals surface area (Å²) in [6.07, 6.45) is 9.90. The summed E-state index contributed by atoms with van der Waals surface area (Å²) in [5.74, 6) is 0. The van der Waals surface area contributed by atoms with Gasteiger partial charge in [0.25, 0.3) is 0 Å². The molecule has 0 spiro atoms. The molecule has 166 valence electrons. The molecule has 0 aromatic carbocycles. The molecule has 7 heteroatoms. The lowest BCUT2D eigenvalue weighted by molar-refractivity contribution is 0.213. The SMILES string of the molecule is CCOP(C)(=O)C(CCCC/C=C(\C)CCC=C(C)C)P(=O)(OCC)OCC. The van der Waals surface area contributed by atoms with Crippen molar-refractivity contribution in [3.8, 4) is 0 Å². The van der Waals surface area contributed by atoms with Crippen molar-refractivity contribution in [2.24, 2.45) is 0 Å². The van der Waals surface area contributed by atoms with Gasteiger partial charge in [-0.05, 0) is 73.6 Å². The molecule has 0 radical (unpaired) electrons. The van der Waals surface area contributed by atoms with Gasteiger partial charge in [0.05, 0.1) is 19.8 Å². The third-order valence-corrected chi connectivity index (χ3v) is 10.9. The first-order valence-electron chi connectivity index (χ1n) is 10.5. The molecule has 2 atom stereocenters. The smallest absolute Gasteiger partial charge is 0.328 e. The van der Waals surface area contributed by atoms with Crippen molar-refractivity contribution in [1.29, 1.82) is 0 Å². The highest BCUT2D eigenvalue weighted by Crippen LogP contribution is 2.69. The van der Waals surface area contributed by atoms with Gasteiger partial charge in [-0.25, -0.2) is 0 Å². The highest BCUT2D eigenvalue weighted by atomic mass is 31.2. The van der Waals surface area contributed by atoms with Crippen molar-refractivity contribution in [2.45, 2.75) is 85.5 Å². The predicted octanol–water partition coefficient (Wildman–Crippen LogP) is 7.78. The van der Waals surface area contributed by atoms with Crippen molar-refractivity contribution in [2.75, 3.05) is 26.5 Å². The molecular formula is C21H42O5P2. The molecule has 0 aliphatic heterocycles. The van der Waals surface area contributed by atoms with Crippen molar-refractivity contribution >= 4 is 15.0 Å². The monoisotopic (exact) mass is 436 g/mol. The first kappa shape index (κ1) is 27.8. The van der Waals surface area contributed by atoms with E-state index in [1.165, 1.54) is 11.1 Å². The van der Waals surface area contributed by atoms with E-state index >= 15 is 0 Å². The van der Waals surface area contributed by atoms with Crippen LogP contribution in [0.2, 0.25) is 0 Å². The topological polar surface area (TPSA) is 61.8 Å². The average Bonchev–Trinajstić information content (AvgIpc) is 2.57. The Labute approximate surface area is 173 Å². The van der Waals surface area contributed by atoms with E-state index in [2.05, 4.69) is 32.9 Å². The molecule has 0 fully saturated rings. The van der Waals surface area contributed by atoms with Crippen LogP contribution < -0.4 is 0 Å². The fraction of sp³-hybridized carbons (Fsp3) is 0.810. The third-order valence-electron chi connectivity index (χ3n) is 4.41. The Kier molecular flexibility index (Phi) is 14.7. The summed E-state index contributed by atoms with van der Waals surface area (Å²) in [5.41, 5.74) is 2.74. The maximum atomic E-state index is 13.3. The quantitative estimate of drug-likeness (QED) is 0.140. The van der Waals surface area contributed by atoms with Gasteiger partial charge in [-0.3, -0.25) is 9.13 Å². The maximum absolute atomic E-state index is 13.3. The number of unbranched alkanes of at least 4 members (excludes halogenated alkanes) is 2. The molecule has 0 heterocycles. The summed E-state index contributed by atoms with van der Waals surface area (Å²) < 4.78 is 42.8. The Balaban J connectivity index is 4.88. The summed E-state index contributed by atoms with van der Waals surface area (Å²) in [6, 6.07) is 0. The minimum atomic E-state index is -3.48. The molecule has 0 amide bonds. The van der Waals surface area contributed by atoms with E-state index < -0.39 is 20.4 Å². The van der Waals surface area contributed by atoms with Crippen LogP contribution >= 0.6 is 15.0 Å². The molecule has 0 bridgehead atoms. The summed E-state index contributed by atoms with van der Waals surface area (Å²) in [7, 11) is -6.59. The highest BCUT2D eigenvalue weighted by molar-refractivity contribution is 7.74. The van der Waals surface area contributed by atoms with E-state index in [1.54, 1.807) is 27.4 Å². The van der Waals surface area contributed by atoms with Crippen molar-refractivity contribution in [3.05, 3.63) is 23.3 Å². The Hall–Kier alpha value is -0.180. The zero-order valence-corrected chi connectivity index (χ0v) is 20.8. The maximum Gasteiger partial charge on any atom is 0.343 e. The van der Waals surface area contributed by atoms with Crippen LogP contribution in [0, 0.1) is 0 Å². The molecule has 0 rings (SSSR count). The molecule has 0 aromatic rings. The lowest BCUT2D eigenvalue weighted by Gasteiger charge is -2.30. The number of hydrogen-bond acceptors (Lipinski definition) is 5. The van der Waals surface area contributed by atoms with Crippen molar-refractivity contribution in [1.82, 2.24) is 0 Å². The van der Waals surface area contributed by atoms with Gasteiger partial charge in [0.2, 0.25) is 7.37 Å². The molecule has 0 aromatic heterocycles. The molecule has 2 unspecified atom stereocenters. The van der Waals surface area contributed by atoms with Crippen molar-refractivity contribution < 1.29 is 22.7 Å². The van der Waals surface area contributed by atoms with Crippen LogP contribution in [0.25, 0.3) is 0 Å². The minimum Gasteiger partial charge on any atom is -0.328 e. The fourth-order valence-corrected chi connectivity index (χ4v) is 8.70. The van der Waals surface area contributed by atoms with Gasteiger partial charge in [-0.1, -0.05) is 29.7 Å². The molecule has 0 aliphatic carbocycles. The average molecular weight is 437 g/mol. The van der Waals surface area contributed by atoms with Crippen LogP contribution in [0.5, 0.6) is 0 Å². The first-order chi connectivity index (χ1) is 13.1. The third kappa shape index (κ3) is 11.1. The Morgan fingerprint density at radius 2 is 1.43 bits per heavy atom. The van der Waals surface area contributed by atoms with Gasteiger partial charge in [-0.2, -0.15) is 0 Å². The van der Waals surface area contributed by atoms with E-state index in [0.29, 0.717) is 13.0 Å². The number of hydrogen-bond donors (Lipinski definition) is 0. The second-order valence-electron chi connectivity index (χ2n) is 7.34. The minimum absolute atomic E-state index is 0.257. The van der Waals surface area contributed by atoms with Crippen LogP contribution in [0.4, 0.5) is 0 Å². The van der Waals surface area contributed by atoms with E-state index in [-0.39, 0.29) is 13.2 Å². The van der Waals surface area contributed by atoms with Gasteiger partial charge in [0.1, 0.15) is 5.40 Å². The van der Waals surface area contributed by atoms with E-state index in [9.17, 15) is 9.13 Å². The Morgan fingerprint density at radius 1 is 0.857 bits per heavy atom. The Morgan fingerprint density at radius 3 is 1.93 bits per heavy atom.